The van der Waals surface area contributed by atoms with Crippen LogP contribution < -0.4 is 4.90 Å². The Morgan fingerprint density at radius 3 is 2.56 bits per heavy atom. The van der Waals surface area contributed by atoms with Crippen LogP contribution in [0.2, 0.25) is 0 Å². The zero-order chi connectivity index (χ0) is 13.3. The van der Waals surface area contributed by atoms with Crippen LogP contribution in [0.25, 0.3) is 0 Å². The van der Waals surface area contributed by atoms with E-state index in [1.165, 1.54) is 6.42 Å². The molecule has 0 saturated carbocycles. The van der Waals surface area contributed by atoms with E-state index in [0.717, 1.165) is 24.7 Å². The minimum absolute atomic E-state index is 0.0236. The molecule has 1 atom stereocenters. The molecule has 0 amide bonds. The van der Waals surface area contributed by atoms with E-state index >= 15 is 0 Å². The lowest BCUT2D eigenvalue weighted by atomic mass is 9.80. The van der Waals surface area contributed by atoms with E-state index in [-0.39, 0.29) is 5.78 Å². The van der Waals surface area contributed by atoms with Crippen LogP contribution in [0.15, 0.2) is 18.3 Å². The third-order valence-corrected chi connectivity index (χ3v) is 3.89. The van der Waals surface area contributed by atoms with E-state index in [4.69, 9.17) is 0 Å². The Morgan fingerprint density at radius 2 is 2.11 bits per heavy atom. The van der Waals surface area contributed by atoms with E-state index in [9.17, 15) is 4.79 Å². The van der Waals surface area contributed by atoms with Crippen molar-refractivity contribution in [1.82, 2.24) is 4.98 Å². The Labute approximate surface area is 109 Å². The highest BCUT2D eigenvalue weighted by atomic mass is 16.1. The molecule has 0 N–H and O–H groups in total. The van der Waals surface area contributed by atoms with Gasteiger partial charge in [-0.25, -0.2) is 0 Å². The summed E-state index contributed by atoms with van der Waals surface area (Å²) in [7, 11) is 0. The van der Waals surface area contributed by atoms with Crippen molar-refractivity contribution in [2.24, 2.45) is 11.3 Å². The highest BCUT2D eigenvalue weighted by Crippen LogP contribution is 2.35. The third-order valence-electron chi connectivity index (χ3n) is 3.89. The van der Waals surface area contributed by atoms with E-state index in [1.54, 1.807) is 6.92 Å². The van der Waals surface area contributed by atoms with Crippen LogP contribution in [-0.2, 0) is 0 Å². The van der Waals surface area contributed by atoms with Crippen LogP contribution in [0.5, 0.6) is 0 Å². The molecule has 1 aromatic rings. The molecule has 3 heteroatoms. The number of carbonyl (C=O) groups is 1. The van der Waals surface area contributed by atoms with Crippen molar-refractivity contribution in [3.8, 4) is 0 Å². The fraction of sp³-hybridized carbons (Fsp3) is 0.600. The molecule has 1 aliphatic rings. The molecule has 0 aromatic carbocycles. The van der Waals surface area contributed by atoms with Crippen LogP contribution in [0.1, 0.15) is 44.6 Å². The summed E-state index contributed by atoms with van der Waals surface area (Å²) in [6.45, 7) is 10.6. The summed E-state index contributed by atoms with van der Waals surface area (Å²) in [6, 6.07) is 3.83. The predicted molar refractivity (Wildman–Crippen MR) is 74.0 cm³/mol. The first-order chi connectivity index (χ1) is 8.38. The first-order valence-corrected chi connectivity index (χ1v) is 6.60. The van der Waals surface area contributed by atoms with Crippen LogP contribution in [0.4, 0.5) is 5.69 Å². The molecule has 2 rings (SSSR count). The molecule has 0 aliphatic carbocycles. The monoisotopic (exact) mass is 246 g/mol. The molecule has 1 aliphatic heterocycles. The normalized spacial score (nSPS) is 20.2. The minimum atomic E-state index is 0.0236. The average molecular weight is 246 g/mol. The zero-order valence-electron chi connectivity index (χ0n) is 11.7. The lowest BCUT2D eigenvalue weighted by Crippen LogP contribution is -2.25. The largest absolute Gasteiger partial charge is 0.370 e. The summed E-state index contributed by atoms with van der Waals surface area (Å²) in [4.78, 5) is 17.8. The lowest BCUT2D eigenvalue weighted by molar-refractivity contribution is 0.101. The summed E-state index contributed by atoms with van der Waals surface area (Å²) in [5.41, 5.74) is 2.04. The van der Waals surface area contributed by atoms with E-state index in [0.29, 0.717) is 11.1 Å². The smallest absolute Gasteiger partial charge is 0.178 e. The fourth-order valence-corrected chi connectivity index (χ4v) is 2.48. The van der Waals surface area contributed by atoms with Gasteiger partial charge in [0, 0.05) is 20.0 Å². The van der Waals surface area contributed by atoms with Gasteiger partial charge in [0.25, 0.3) is 0 Å². The first-order valence-electron chi connectivity index (χ1n) is 6.60. The molecule has 2 heterocycles. The molecule has 1 fully saturated rings. The van der Waals surface area contributed by atoms with Gasteiger partial charge in [0.2, 0.25) is 0 Å². The number of nitrogens with zero attached hydrogens (tertiary/aromatic N) is 2. The van der Waals surface area contributed by atoms with Crippen molar-refractivity contribution in [2.45, 2.75) is 34.1 Å². The van der Waals surface area contributed by atoms with Gasteiger partial charge in [-0.1, -0.05) is 20.8 Å². The molecule has 18 heavy (non-hydrogen) atoms. The summed E-state index contributed by atoms with van der Waals surface area (Å²) in [5.74, 6) is 0.750. The maximum Gasteiger partial charge on any atom is 0.178 e. The second kappa shape index (κ2) is 4.71. The molecule has 3 nitrogen and oxygen atoms in total. The molecule has 98 valence electrons. The predicted octanol–water partition coefficient (Wildman–Crippen LogP) is 3.16. The standard InChI is InChI=1S/C15H22N2O/c1-11(18)14-6-5-13(9-16-14)17-8-7-12(10-17)15(2,3)4/h5-6,9,12H,7-8,10H2,1-4H3. The second-order valence-corrected chi connectivity index (χ2v) is 6.26. The van der Waals surface area contributed by atoms with Crippen LogP contribution in [-0.4, -0.2) is 23.9 Å². The number of anilines is 1. The average Bonchev–Trinajstić information content (AvgIpc) is 2.78. The summed E-state index contributed by atoms with van der Waals surface area (Å²) >= 11 is 0. The number of ketones is 1. The highest BCUT2D eigenvalue weighted by Gasteiger charge is 2.31. The Kier molecular flexibility index (Phi) is 3.42. The molecular formula is C15H22N2O. The van der Waals surface area contributed by atoms with E-state index in [2.05, 4.69) is 30.7 Å². The molecule has 0 radical (unpaired) electrons. The van der Waals surface area contributed by atoms with E-state index < -0.39 is 0 Å². The van der Waals surface area contributed by atoms with Gasteiger partial charge in [-0.15, -0.1) is 0 Å². The van der Waals surface area contributed by atoms with Gasteiger partial charge < -0.3 is 4.90 Å². The zero-order valence-corrected chi connectivity index (χ0v) is 11.7. The number of rotatable bonds is 2. The van der Waals surface area contributed by atoms with E-state index in [1.807, 2.05) is 18.3 Å². The Hall–Kier alpha value is -1.38. The quantitative estimate of drug-likeness (QED) is 0.752. The topological polar surface area (TPSA) is 33.2 Å². The van der Waals surface area contributed by atoms with Crippen molar-refractivity contribution in [3.05, 3.63) is 24.0 Å². The maximum atomic E-state index is 11.2. The van der Waals surface area contributed by atoms with Crippen molar-refractivity contribution in [2.75, 3.05) is 18.0 Å². The molecule has 1 unspecified atom stereocenters. The maximum absolute atomic E-state index is 11.2. The molecule has 1 aromatic heterocycles. The van der Waals surface area contributed by atoms with Crippen LogP contribution >= 0.6 is 0 Å². The minimum Gasteiger partial charge on any atom is -0.370 e. The number of pyridine rings is 1. The van der Waals surface area contributed by atoms with Gasteiger partial charge in [0.05, 0.1) is 11.9 Å². The van der Waals surface area contributed by atoms with Gasteiger partial charge in [-0.2, -0.15) is 0 Å². The Balaban J connectivity index is 2.08. The second-order valence-electron chi connectivity index (χ2n) is 6.26. The number of hydrogen-bond donors (Lipinski definition) is 0. The third kappa shape index (κ3) is 2.71. The van der Waals surface area contributed by atoms with Gasteiger partial charge in [0.15, 0.2) is 5.78 Å². The van der Waals surface area contributed by atoms with Crippen LogP contribution in [0, 0.1) is 11.3 Å². The SMILES string of the molecule is CC(=O)c1ccc(N2CCC(C(C)(C)C)C2)cn1. The van der Waals surface area contributed by atoms with Crippen molar-refractivity contribution >= 4 is 11.5 Å². The van der Waals surface area contributed by atoms with Crippen molar-refractivity contribution < 1.29 is 4.79 Å². The highest BCUT2D eigenvalue weighted by molar-refractivity contribution is 5.92. The summed E-state index contributed by atoms with van der Waals surface area (Å²) < 4.78 is 0. The number of carbonyl (C=O) groups excluding carboxylic acids is 1. The molecular weight excluding hydrogens is 224 g/mol. The Morgan fingerprint density at radius 1 is 1.39 bits per heavy atom. The number of Topliss-reactive ketones (excluding diaryl/α,β-unsaturated/α-hetero) is 1. The van der Waals surface area contributed by atoms with Gasteiger partial charge in [-0.3, -0.25) is 9.78 Å². The summed E-state index contributed by atoms with van der Waals surface area (Å²) in [5, 5.41) is 0. The summed E-state index contributed by atoms with van der Waals surface area (Å²) in [6.07, 6.45) is 3.06. The molecule has 0 bridgehead atoms. The van der Waals surface area contributed by atoms with Crippen molar-refractivity contribution in [3.63, 3.8) is 0 Å². The fourth-order valence-electron chi connectivity index (χ4n) is 2.48. The van der Waals surface area contributed by atoms with Gasteiger partial charge in [0.1, 0.15) is 5.69 Å². The van der Waals surface area contributed by atoms with Crippen LogP contribution in [0.3, 0.4) is 0 Å². The van der Waals surface area contributed by atoms with Gasteiger partial charge in [-0.05, 0) is 29.9 Å². The first kappa shape index (κ1) is 13.1. The molecule has 1 saturated heterocycles. The van der Waals surface area contributed by atoms with Crippen molar-refractivity contribution in [1.29, 1.82) is 0 Å². The molecule has 0 spiro atoms. The van der Waals surface area contributed by atoms with Gasteiger partial charge >= 0.3 is 0 Å². The lowest BCUT2D eigenvalue weighted by Gasteiger charge is -2.27. The number of hydrogen-bond acceptors (Lipinski definition) is 3. The Bertz CT molecular complexity index is 431. The number of aromatic nitrogens is 1.